The van der Waals surface area contributed by atoms with E-state index in [1.807, 2.05) is 12.1 Å². The van der Waals surface area contributed by atoms with Gasteiger partial charge in [0.1, 0.15) is 0 Å². The molecule has 0 bridgehead atoms. The summed E-state index contributed by atoms with van der Waals surface area (Å²) in [6.45, 7) is 0. The van der Waals surface area contributed by atoms with Crippen molar-refractivity contribution >= 4 is 37.6 Å². The molecule has 0 aromatic heterocycles. The summed E-state index contributed by atoms with van der Waals surface area (Å²) >= 11 is 6.84. The molecular weight excluding hydrogens is 296 g/mol. The molecule has 13 heavy (non-hydrogen) atoms. The highest BCUT2D eigenvalue weighted by Gasteiger charge is 2.19. The van der Waals surface area contributed by atoms with Gasteiger partial charge < -0.3 is 0 Å². The summed E-state index contributed by atoms with van der Waals surface area (Å²) in [5.74, 6) is 0.264. The van der Waals surface area contributed by atoms with Crippen LogP contribution in [0.5, 0.6) is 0 Å². The molecule has 0 fully saturated rings. The first-order chi connectivity index (χ1) is 6.18. The lowest BCUT2D eigenvalue weighted by Crippen LogP contribution is -2.11. The monoisotopic (exact) mass is 302 g/mol. The lowest BCUT2D eigenvalue weighted by Gasteiger charge is -2.16. The Bertz CT molecular complexity index is 371. The Morgan fingerprint density at radius 2 is 1.92 bits per heavy atom. The zero-order valence-corrected chi connectivity index (χ0v) is 10.1. The highest BCUT2D eigenvalue weighted by molar-refractivity contribution is 9.11. The third-order valence-electron chi connectivity index (χ3n) is 2.27. The molecule has 0 amide bonds. The maximum Gasteiger partial charge on any atom is 0.164 e. The Balaban J connectivity index is 2.63. The zero-order valence-electron chi connectivity index (χ0n) is 6.94. The number of ketones is 1. The average Bonchev–Trinajstić information content (AvgIpc) is 2.02. The maximum atomic E-state index is 11.6. The van der Waals surface area contributed by atoms with Crippen molar-refractivity contribution in [1.82, 2.24) is 0 Å². The van der Waals surface area contributed by atoms with Gasteiger partial charge in [-0.3, -0.25) is 4.79 Å². The Morgan fingerprint density at radius 1 is 1.15 bits per heavy atom. The molecule has 68 valence electrons. The van der Waals surface area contributed by atoms with Crippen molar-refractivity contribution in [2.75, 3.05) is 0 Å². The van der Waals surface area contributed by atoms with Gasteiger partial charge >= 0.3 is 0 Å². The summed E-state index contributed by atoms with van der Waals surface area (Å²) in [6.07, 6.45) is 2.68. The lowest BCUT2D eigenvalue weighted by molar-refractivity contribution is 0.0971. The van der Waals surface area contributed by atoms with E-state index < -0.39 is 0 Å². The molecule has 1 aromatic carbocycles. The van der Waals surface area contributed by atoms with E-state index in [4.69, 9.17) is 0 Å². The summed E-state index contributed by atoms with van der Waals surface area (Å²) in [7, 11) is 0. The molecule has 0 aliphatic heterocycles. The van der Waals surface area contributed by atoms with Crippen molar-refractivity contribution in [3.05, 3.63) is 32.2 Å². The second-order valence-corrected chi connectivity index (χ2v) is 4.97. The van der Waals surface area contributed by atoms with Crippen LogP contribution in [0.2, 0.25) is 0 Å². The summed E-state index contributed by atoms with van der Waals surface area (Å²) in [5.41, 5.74) is 2.05. The Hall–Kier alpha value is -0.150. The normalized spacial score (nSPS) is 15.7. The third kappa shape index (κ3) is 1.72. The highest BCUT2D eigenvalue weighted by atomic mass is 79.9. The molecule has 2 rings (SSSR count). The van der Waals surface area contributed by atoms with Crippen LogP contribution in [0.3, 0.4) is 0 Å². The summed E-state index contributed by atoms with van der Waals surface area (Å²) < 4.78 is 1.95. The predicted molar refractivity (Wildman–Crippen MR) is 59.1 cm³/mol. The van der Waals surface area contributed by atoms with E-state index in [2.05, 4.69) is 31.9 Å². The number of halogens is 2. The van der Waals surface area contributed by atoms with Crippen molar-refractivity contribution in [2.45, 2.75) is 19.3 Å². The van der Waals surface area contributed by atoms with Gasteiger partial charge in [0.15, 0.2) is 5.78 Å². The molecular formula is C10H8Br2O. The van der Waals surface area contributed by atoms with Crippen molar-refractivity contribution in [3.63, 3.8) is 0 Å². The van der Waals surface area contributed by atoms with Crippen molar-refractivity contribution in [1.29, 1.82) is 0 Å². The molecule has 0 unspecified atom stereocenters. The lowest BCUT2D eigenvalue weighted by atomic mass is 9.91. The molecule has 0 radical (unpaired) electrons. The minimum atomic E-state index is 0.264. The number of benzene rings is 1. The van der Waals surface area contributed by atoms with Gasteiger partial charge in [0.25, 0.3) is 0 Å². The molecule has 1 aliphatic rings. The smallest absolute Gasteiger partial charge is 0.164 e. The van der Waals surface area contributed by atoms with Crippen LogP contribution in [0.4, 0.5) is 0 Å². The second-order valence-electron chi connectivity index (χ2n) is 3.20. The van der Waals surface area contributed by atoms with Crippen LogP contribution < -0.4 is 0 Å². The van der Waals surface area contributed by atoms with Gasteiger partial charge in [0.05, 0.1) is 0 Å². The Morgan fingerprint density at radius 3 is 2.69 bits per heavy atom. The molecule has 0 saturated carbocycles. The van der Waals surface area contributed by atoms with E-state index in [9.17, 15) is 4.79 Å². The van der Waals surface area contributed by atoms with Gasteiger partial charge in [-0.25, -0.2) is 0 Å². The van der Waals surface area contributed by atoms with E-state index >= 15 is 0 Å². The number of carbonyl (C=O) groups is 1. The SMILES string of the molecule is O=C1CCCc2cc(Br)cc(Br)c21. The van der Waals surface area contributed by atoms with Gasteiger partial charge in [-0.05, 0) is 46.5 Å². The topological polar surface area (TPSA) is 17.1 Å². The fourth-order valence-electron chi connectivity index (χ4n) is 1.70. The van der Waals surface area contributed by atoms with Crippen LogP contribution in [0.25, 0.3) is 0 Å². The predicted octanol–water partition coefficient (Wildman–Crippen LogP) is 3.73. The van der Waals surface area contributed by atoms with Gasteiger partial charge in [-0.15, -0.1) is 0 Å². The van der Waals surface area contributed by atoms with Crippen molar-refractivity contribution < 1.29 is 4.79 Å². The van der Waals surface area contributed by atoms with Gasteiger partial charge in [0, 0.05) is 20.9 Å². The summed E-state index contributed by atoms with van der Waals surface area (Å²) in [6, 6.07) is 3.97. The summed E-state index contributed by atoms with van der Waals surface area (Å²) in [5, 5.41) is 0. The molecule has 0 atom stereocenters. The quantitative estimate of drug-likeness (QED) is 0.714. The Labute approximate surface area is 93.8 Å². The van der Waals surface area contributed by atoms with Gasteiger partial charge in [-0.2, -0.15) is 0 Å². The van der Waals surface area contributed by atoms with Gasteiger partial charge in [-0.1, -0.05) is 15.9 Å². The first-order valence-corrected chi connectivity index (χ1v) is 5.78. The number of hydrogen-bond acceptors (Lipinski definition) is 1. The minimum absolute atomic E-state index is 0.264. The number of aryl methyl sites for hydroxylation is 1. The third-order valence-corrected chi connectivity index (χ3v) is 3.35. The molecule has 0 spiro atoms. The van der Waals surface area contributed by atoms with Crippen LogP contribution >= 0.6 is 31.9 Å². The highest BCUT2D eigenvalue weighted by Crippen LogP contribution is 2.31. The fraction of sp³-hybridized carbons (Fsp3) is 0.300. The number of fused-ring (bicyclic) bond motifs is 1. The molecule has 1 nitrogen and oxygen atoms in total. The number of Topliss-reactive ketones (excluding diaryl/α,β-unsaturated/α-hetero) is 1. The van der Waals surface area contributed by atoms with Crippen LogP contribution in [-0.2, 0) is 6.42 Å². The fourth-order valence-corrected chi connectivity index (χ4v) is 3.24. The van der Waals surface area contributed by atoms with E-state index in [0.717, 1.165) is 32.9 Å². The first kappa shape index (κ1) is 9.41. The molecule has 0 N–H and O–H groups in total. The van der Waals surface area contributed by atoms with E-state index in [1.54, 1.807) is 0 Å². The number of carbonyl (C=O) groups excluding carboxylic acids is 1. The van der Waals surface area contributed by atoms with Crippen molar-refractivity contribution in [3.8, 4) is 0 Å². The standard InChI is InChI=1S/C10H8Br2O/c11-7-4-6-2-1-3-9(13)10(6)8(12)5-7/h4-5H,1-3H2. The minimum Gasteiger partial charge on any atom is -0.294 e. The molecule has 3 heteroatoms. The second kappa shape index (κ2) is 3.54. The van der Waals surface area contributed by atoms with E-state index in [-0.39, 0.29) is 5.78 Å². The number of hydrogen-bond donors (Lipinski definition) is 0. The first-order valence-electron chi connectivity index (χ1n) is 4.19. The van der Waals surface area contributed by atoms with E-state index in [1.165, 1.54) is 0 Å². The molecule has 0 heterocycles. The molecule has 1 aromatic rings. The average molecular weight is 304 g/mol. The van der Waals surface area contributed by atoms with Crippen LogP contribution in [0, 0.1) is 0 Å². The largest absolute Gasteiger partial charge is 0.294 e. The van der Waals surface area contributed by atoms with Crippen LogP contribution in [-0.4, -0.2) is 5.78 Å². The van der Waals surface area contributed by atoms with Crippen LogP contribution in [0.15, 0.2) is 21.1 Å². The number of rotatable bonds is 0. The zero-order chi connectivity index (χ0) is 9.42. The van der Waals surface area contributed by atoms with Crippen molar-refractivity contribution in [2.24, 2.45) is 0 Å². The Kier molecular flexibility index (Phi) is 2.56. The van der Waals surface area contributed by atoms with Crippen LogP contribution in [0.1, 0.15) is 28.8 Å². The van der Waals surface area contributed by atoms with E-state index in [0.29, 0.717) is 6.42 Å². The summed E-state index contributed by atoms with van der Waals surface area (Å²) in [4.78, 5) is 11.6. The maximum absolute atomic E-state index is 11.6. The van der Waals surface area contributed by atoms with Gasteiger partial charge in [0.2, 0.25) is 0 Å². The molecule has 0 saturated heterocycles. The molecule has 1 aliphatic carbocycles.